The summed E-state index contributed by atoms with van der Waals surface area (Å²) in [5, 5.41) is 10.7. The fourth-order valence-corrected chi connectivity index (χ4v) is 2.56. The van der Waals surface area contributed by atoms with Gasteiger partial charge in [-0.15, -0.1) is 0 Å². The van der Waals surface area contributed by atoms with Crippen molar-refractivity contribution in [2.75, 3.05) is 5.32 Å². The van der Waals surface area contributed by atoms with E-state index in [2.05, 4.69) is 20.5 Å². The minimum Gasteiger partial charge on any atom is -0.321 e. The molecule has 3 heterocycles. The summed E-state index contributed by atoms with van der Waals surface area (Å²) in [6.07, 6.45) is 3.64. The van der Waals surface area contributed by atoms with Crippen LogP contribution in [-0.2, 0) is 0 Å². The number of anilines is 1. The van der Waals surface area contributed by atoms with Crippen LogP contribution in [0.25, 0.3) is 16.4 Å². The Balaban J connectivity index is 1.71. The van der Waals surface area contributed by atoms with Crippen LogP contribution in [0.1, 0.15) is 16.3 Å². The predicted molar refractivity (Wildman–Crippen MR) is 84.0 cm³/mol. The number of imidazole rings is 1. The summed E-state index contributed by atoms with van der Waals surface area (Å²) in [6.45, 7) is 1.88. The second-order valence-electron chi connectivity index (χ2n) is 5.09. The Kier molecular flexibility index (Phi) is 2.69. The fourth-order valence-electron chi connectivity index (χ4n) is 2.56. The van der Waals surface area contributed by atoms with Gasteiger partial charge in [-0.3, -0.25) is 9.89 Å². The van der Waals surface area contributed by atoms with Gasteiger partial charge in [0.1, 0.15) is 5.82 Å². The Morgan fingerprint density at radius 3 is 3.09 bits per heavy atom. The van der Waals surface area contributed by atoms with Crippen LogP contribution in [0.3, 0.4) is 0 Å². The van der Waals surface area contributed by atoms with E-state index in [1.54, 1.807) is 6.20 Å². The molecule has 0 spiro atoms. The first-order chi connectivity index (χ1) is 10.7. The number of hydrogen-bond acceptors (Lipinski definition) is 3. The number of aromatic nitrogens is 4. The number of nitrogens with zero attached hydrogens (tertiary/aromatic N) is 3. The molecule has 3 aromatic heterocycles. The summed E-state index contributed by atoms with van der Waals surface area (Å²) in [5.41, 5.74) is 2.79. The number of carbonyl (C=O) groups is 1. The SMILES string of the molecule is Cc1nc(C(=O)Nc2ccc3cn[nH]c3c2)c2ccccn12. The van der Waals surface area contributed by atoms with Crippen LogP contribution in [0.15, 0.2) is 48.8 Å². The zero-order valence-corrected chi connectivity index (χ0v) is 11.9. The molecule has 0 aliphatic heterocycles. The van der Waals surface area contributed by atoms with E-state index in [0.29, 0.717) is 11.4 Å². The molecule has 0 saturated heterocycles. The van der Waals surface area contributed by atoms with Gasteiger partial charge in [0.25, 0.3) is 5.91 Å². The van der Waals surface area contributed by atoms with Gasteiger partial charge in [-0.25, -0.2) is 4.98 Å². The van der Waals surface area contributed by atoms with E-state index in [1.165, 1.54) is 0 Å². The first-order valence-electron chi connectivity index (χ1n) is 6.90. The van der Waals surface area contributed by atoms with Gasteiger partial charge in [0.05, 0.1) is 17.2 Å². The highest BCUT2D eigenvalue weighted by molar-refractivity contribution is 6.08. The zero-order valence-electron chi connectivity index (χ0n) is 11.9. The van der Waals surface area contributed by atoms with E-state index in [-0.39, 0.29) is 5.91 Å². The molecule has 0 bridgehead atoms. The molecule has 0 aliphatic rings. The number of fused-ring (bicyclic) bond motifs is 2. The van der Waals surface area contributed by atoms with Crippen LogP contribution in [0, 0.1) is 6.92 Å². The van der Waals surface area contributed by atoms with Gasteiger partial charge in [-0.05, 0) is 37.3 Å². The van der Waals surface area contributed by atoms with E-state index in [0.717, 1.165) is 22.2 Å². The van der Waals surface area contributed by atoms with Crippen molar-refractivity contribution >= 4 is 28.0 Å². The minimum absolute atomic E-state index is 0.226. The van der Waals surface area contributed by atoms with Gasteiger partial charge in [0.2, 0.25) is 0 Å². The van der Waals surface area contributed by atoms with Crippen LogP contribution in [0.5, 0.6) is 0 Å². The average Bonchev–Trinajstić information content (AvgIpc) is 3.12. The highest BCUT2D eigenvalue weighted by atomic mass is 16.1. The molecule has 2 N–H and O–H groups in total. The smallest absolute Gasteiger partial charge is 0.276 e. The second kappa shape index (κ2) is 4.70. The lowest BCUT2D eigenvalue weighted by Crippen LogP contribution is -2.12. The van der Waals surface area contributed by atoms with Crippen molar-refractivity contribution in [2.24, 2.45) is 0 Å². The third kappa shape index (κ3) is 1.93. The largest absolute Gasteiger partial charge is 0.321 e. The maximum absolute atomic E-state index is 12.5. The standard InChI is InChI=1S/C16H13N5O/c1-10-18-15(14-4-2-3-7-21(10)14)16(22)19-12-6-5-11-9-17-20-13(11)8-12/h2-9H,1H3,(H,17,20)(H,19,22). The molecule has 0 radical (unpaired) electrons. The van der Waals surface area contributed by atoms with Crippen LogP contribution in [-0.4, -0.2) is 25.5 Å². The topological polar surface area (TPSA) is 75.1 Å². The van der Waals surface area contributed by atoms with E-state index < -0.39 is 0 Å². The molecular formula is C16H13N5O. The summed E-state index contributed by atoms with van der Waals surface area (Å²) < 4.78 is 1.90. The van der Waals surface area contributed by atoms with E-state index in [4.69, 9.17) is 0 Å². The number of H-pyrrole nitrogens is 1. The number of rotatable bonds is 2. The van der Waals surface area contributed by atoms with Crippen LogP contribution in [0.2, 0.25) is 0 Å². The third-order valence-corrected chi connectivity index (χ3v) is 3.64. The Labute approximate surface area is 125 Å². The Bertz CT molecular complexity index is 998. The normalized spacial score (nSPS) is 11.1. The van der Waals surface area contributed by atoms with Crippen LogP contribution >= 0.6 is 0 Å². The van der Waals surface area contributed by atoms with Crippen molar-refractivity contribution in [2.45, 2.75) is 6.92 Å². The molecule has 1 amide bonds. The van der Waals surface area contributed by atoms with Crippen molar-refractivity contribution in [1.82, 2.24) is 19.6 Å². The monoisotopic (exact) mass is 291 g/mol. The third-order valence-electron chi connectivity index (χ3n) is 3.64. The molecule has 4 aromatic rings. The molecular weight excluding hydrogens is 278 g/mol. The molecule has 6 heteroatoms. The number of benzene rings is 1. The number of aromatic amines is 1. The predicted octanol–water partition coefficient (Wildman–Crippen LogP) is 2.77. The van der Waals surface area contributed by atoms with Crippen molar-refractivity contribution in [3.63, 3.8) is 0 Å². The Hall–Kier alpha value is -3.15. The second-order valence-corrected chi connectivity index (χ2v) is 5.09. The zero-order chi connectivity index (χ0) is 15.1. The number of nitrogens with one attached hydrogen (secondary N) is 2. The number of amides is 1. The summed E-state index contributed by atoms with van der Waals surface area (Å²) in [7, 11) is 0. The molecule has 6 nitrogen and oxygen atoms in total. The number of hydrogen-bond donors (Lipinski definition) is 2. The lowest BCUT2D eigenvalue weighted by atomic mass is 10.2. The van der Waals surface area contributed by atoms with Gasteiger partial charge in [-0.1, -0.05) is 6.07 Å². The first-order valence-corrected chi connectivity index (χ1v) is 6.90. The number of carbonyl (C=O) groups excluding carboxylic acids is 1. The highest BCUT2D eigenvalue weighted by Crippen LogP contribution is 2.19. The summed E-state index contributed by atoms with van der Waals surface area (Å²) >= 11 is 0. The van der Waals surface area contributed by atoms with Crippen LogP contribution < -0.4 is 5.32 Å². The van der Waals surface area contributed by atoms with Gasteiger partial charge in [0, 0.05) is 17.3 Å². The Morgan fingerprint density at radius 2 is 2.18 bits per heavy atom. The first kappa shape index (κ1) is 12.6. The number of aryl methyl sites for hydroxylation is 1. The van der Waals surface area contributed by atoms with E-state index in [1.807, 2.05) is 53.9 Å². The minimum atomic E-state index is -0.226. The van der Waals surface area contributed by atoms with Gasteiger partial charge < -0.3 is 9.72 Å². The van der Waals surface area contributed by atoms with Crippen molar-refractivity contribution in [3.8, 4) is 0 Å². The Morgan fingerprint density at radius 1 is 1.27 bits per heavy atom. The molecule has 108 valence electrons. The molecule has 0 saturated carbocycles. The van der Waals surface area contributed by atoms with Gasteiger partial charge in [0.15, 0.2) is 5.69 Å². The van der Waals surface area contributed by atoms with Crippen molar-refractivity contribution in [3.05, 3.63) is 60.3 Å². The summed E-state index contributed by atoms with van der Waals surface area (Å²) in [5.74, 6) is 0.556. The molecule has 22 heavy (non-hydrogen) atoms. The molecule has 0 atom stereocenters. The van der Waals surface area contributed by atoms with Crippen molar-refractivity contribution in [1.29, 1.82) is 0 Å². The van der Waals surface area contributed by atoms with Crippen LogP contribution in [0.4, 0.5) is 5.69 Å². The molecule has 0 fully saturated rings. The van der Waals surface area contributed by atoms with E-state index in [9.17, 15) is 4.79 Å². The molecule has 1 aromatic carbocycles. The summed E-state index contributed by atoms with van der Waals surface area (Å²) in [6, 6.07) is 11.3. The average molecular weight is 291 g/mol. The fraction of sp³-hybridized carbons (Fsp3) is 0.0625. The molecule has 0 aliphatic carbocycles. The van der Waals surface area contributed by atoms with Crippen molar-refractivity contribution < 1.29 is 4.79 Å². The quantitative estimate of drug-likeness (QED) is 0.596. The number of pyridine rings is 1. The van der Waals surface area contributed by atoms with Gasteiger partial charge >= 0.3 is 0 Å². The lowest BCUT2D eigenvalue weighted by molar-refractivity contribution is 0.102. The van der Waals surface area contributed by atoms with Gasteiger partial charge in [-0.2, -0.15) is 5.10 Å². The lowest BCUT2D eigenvalue weighted by Gasteiger charge is -2.03. The van der Waals surface area contributed by atoms with E-state index >= 15 is 0 Å². The maximum Gasteiger partial charge on any atom is 0.276 e. The molecule has 4 rings (SSSR count). The maximum atomic E-state index is 12.5. The highest BCUT2D eigenvalue weighted by Gasteiger charge is 2.15. The summed E-state index contributed by atoms with van der Waals surface area (Å²) in [4.78, 5) is 16.9. The molecule has 0 unspecified atom stereocenters.